The zero-order chi connectivity index (χ0) is 18.3. The van der Waals surface area contributed by atoms with E-state index in [1.54, 1.807) is 19.2 Å². The smallest absolute Gasteiger partial charge is 0.322 e. The maximum Gasteiger partial charge on any atom is 0.333 e. The van der Waals surface area contributed by atoms with Gasteiger partial charge < -0.3 is 5.32 Å². The number of nitrogens with zero attached hydrogens (tertiary/aromatic N) is 3. The summed E-state index contributed by atoms with van der Waals surface area (Å²) in [6.07, 6.45) is 1.50. The molecule has 0 unspecified atom stereocenters. The van der Waals surface area contributed by atoms with Crippen molar-refractivity contribution in [1.82, 2.24) is 14.1 Å². The topological polar surface area (TPSA) is 92.8 Å². The van der Waals surface area contributed by atoms with Crippen LogP contribution in [-0.2, 0) is 25.4 Å². The molecule has 2 aromatic heterocycles. The summed E-state index contributed by atoms with van der Waals surface area (Å²) in [5.41, 5.74) is 1.19. The molecule has 0 spiro atoms. The Morgan fingerprint density at radius 3 is 2.72 bits per heavy atom. The number of H-pyrrole nitrogens is 1. The summed E-state index contributed by atoms with van der Waals surface area (Å²) in [6.45, 7) is 1.77. The van der Waals surface area contributed by atoms with Crippen molar-refractivity contribution in [2.45, 2.75) is 13.5 Å². The summed E-state index contributed by atoms with van der Waals surface area (Å²) >= 11 is 5.95. The van der Waals surface area contributed by atoms with Gasteiger partial charge in [-0.3, -0.25) is 18.7 Å². The minimum Gasteiger partial charge on any atom is -0.322 e. The number of fused-ring (bicyclic) bond motifs is 1. The summed E-state index contributed by atoms with van der Waals surface area (Å²) < 4.78 is 3.81. The van der Waals surface area contributed by atoms with Crippen molar-refractivity contribution in [2.75, 3.05) is 5.32 Å². The minimum atomic E-state index is -0.467. The van der Waals surface area contributed by atoms with Crippen LogP contribution in [0.1, 0.15) is 5.56 Å². The van der Waals surface area contributed by atoms with Crippen LogP contribution in [-0.4, -0.2) is 20.0 Å². The standard InChI is InChI=1S/C16H16ClN5O3/c1-9-4-5-10(17)6-11(9)19-12(23)7-22-8-18-14-13(22)15(24)21(3)16(25)20(14)2/h4-6,8H,7H2,1-3H3,(H,19,23)/p+1. The van der Waals surface area contributed by atoms with Gasteiger partial charge in [-0.25, -0.2) is 14.3 Å². The van der Waals surface area contributed by atoms with E-state index in [4.69, 9.17) is 11.6 Å². The van der Waals surface area contributed by atoms with Gasteiger partial charge in [-0.15, -0.1) is 0 Å². The molecule has 8 nitrogen and oxygen atoms in total. The lowest BCUT2D eigenvalue weighted by Crippen LogP contribution is -2.46. The molecule has 0 bridgehead atoms. The summed E-state index contributed by atoms with van der Waals surface area (Å²) in [5.74, 6) is -0.313. The van der Waals surface area contributed by atoms with Gasteiger partial charge in [0.1, 0.15) is 0 Å². The maximum absolute atomic E-state index is 12.4. The fraction of sp³-hybridized carbons (Fsp3) is 0.250. The zero-order valence-electron chi connectivity index (χ0n) is 14.0. The SMILES string of the molecule is Cc1ccc(Cl)cc1NC(=O)C[n+]1c[nH]c2c1c(=O)n(C)c(=O)n2C. The number of halogens is 1. The van der Waals surface area contributed by atoms with E-state index in [0.29, 0.717) is 16.4 Å². The first kappa shape index (κ1) is 17.0. The van der Waals surface area contributed by atoms with Crippen molar-refractivity contribution in [1.29, 1.82) is 0 Å². The van der Waals surface area contributed by atoms with Crippen molar-refractivity contribution in [3.63, 3.8) is 0 Å². The summed E-state index contributed by atoms with van der Waals surface area (Å²) in [4.78, 5) is 39.6. The highest BCUT2D eigenvalue weighted by Gasteiger charge is 2.21. The van der Waals surface area contributed by atoms with E-state index in [2.05, 4.69) is 10.3 Å². The van der Waals surface area contributed by atoms with Gasteiger partial charge in [0.15, 0.2) is 6.54 Å². The number of aromatic amines is 1. The molecule has 3 rings (SSSR count). The molecule has 0 atom stereocenters. The molecule has 0 fully saturated rings. The van der Waals surface area contributed by atoms with Crippen LogP contribution in [0.4, 0.5) is 5.69 Å². The number of rotatable bonds is 3. The molecule has 2 heterocycles. The Balaban J connectivity index is 1.96. The van der Waals surface area contributed by atoms with Gasteiger partial charge in [-0.1, -0.05) is 17.7 Å². The zero-order valence-corrected chi connectivity index (χ0v) is 14.7. The molecule has 0 saturated heterocycles. The van der Waals surface area contributed by atoms with Crippen molar-refractivity contribution in [3.05, 3.63) is 56.0 Å². The Morgan fingerprint density at radius 1 is 1.28 bits per heavy atom. The third-order valence-electron chi connectivity index (χ3n) is 4.07. The normalized spacial score (nSPS) is 11.0. The third kappa shape index (κ3) is 2.96. The highest BCUT2D eigenvalue weighted by atomic mass is 35.5. The molecule has 0 radical (unpaired) electrons. The molecule has 3 aromatic rings. The second-order valence-electron chi connectivity index (χ2n) is 5.81. The molecule has 1 aromatic carbocycles. The van der Waals surface area contributed by atoms with Gasteiger partial charge in [-0.05, 0) is 24.6 Å². The van der Waals surface area contributed by atoms with E-state index < -0.39 is 11.2 Å². The van der Waals surface area contributed by atoms with Crippen LogP contribution in [0.25, 0.3) is 11.2 Å². The fourth-order valence-corrected chi connectivity index (χ4v) is 2.82. The molecular weight excluding hydrogens is 346 g/mol. The van der Waals surface area contributed by atoms with Gasteiger partial charge >= 0.3 is 11.2 Å². The number of hydrogen-bond donors (Lipinski definition) is 2. The van der Waals surface area contributed by atoms with Crippen LogP contribution < -0.4 is 21.1 Å². The summed E-state index contributed by atoms with van der Waals surface area (Å²) in [5, 5.41) is 3.30. The lowest BCUT2D eigenvalue weighted by Gasteiger charge is -2.08. The predicted octanol–water partition coefficient (Wildman–Crippen LogP) is 0.453. The minimum absolute atomic E-state index is 0.0839. The number of aryl methyl sites for hydroxylation is 2. The number of benzene rings is 1. The molecule has 0 aliphatic heterocycles. The maximum atomic E-state index is 12.4. The average molecular weight is 363 g/mol. The van der Waals surface area contributed by atoms with E-state index in [9.17, 15) is 14.4 Å². The van der Waals surface area contributed by atoms with E-state index >= 15 is 0 Å². The van der Waals surface area contributed by atoms with Gasteiger partial charge in [-0.2, -0.15) is 0 Å². The molecular formula is C16H17ClN5O3+. The van der Waals surface area contributed by atoms with E-state index in [1.807, 2.05) is 13.0 Å². The molecule has 0 aliphatic carbocycles. The summed E-state index contributed by atoms with van der Waals surface area (Å²) in [7, 11) is 2.96. The largest absolute Gasteiger partial charge is 0.333 e. The Morgan fingerprint density at radius 2 is 2.00 bits per heavy atom. The van der Waals surface area contributed by atoms with Crippen molar-refractivity contribution < 1.29 is 9.36 Å². The Bertz CT molecular complexity index is 1110. The fourth-order valence-electron chi connectivity index (χ4n) is 2.65. The molecule has 0 saturated carbocycles. The van der Waals surface area contributed by atoms with E-state index in [0.717, 1.165) is 10.1 Å². The molecule has 0 aliphatic rings. The van der Waals surface area contributed by atoms with Crippen LogP contribution in [0.2, 0.25) is 5.02 Å². The number of carbonyl (C=O) groups excluding carboxylic acids is 1. The van der Waals surface area contributed by atoms with Gasteiger partial charge in [0.05, 0.1) is 0 Å². The van der Waals surface area contributed by atoms with Crippen LogP contribution in [0.5, 0.6) is 0 Å². The number of hydrogen-bond acceptors (Lipinski definition) is 3. The summed E-state index contributed by atoms with van der Waals surface area (Å²) in [6, 6.07) is 5.21. The van der Waals surface area contributed by atoms with E-state index in [1.165, 1.54) is 22.5 Å². The van der Waals surface area contributed by atoms with Crippen LogP contribution in [0.3, 0.4) is 0 Å². The number of aromatic nitrogens is 4. The second kappa shape index (κ2) is 6.21. The van der Waals surface area contributed by atoms with Crippen LogP contribution in [0, 0.1) is 6.92 Å². The quantitative estimate of drug-likeness (QED) is 0.663. The van der Waals surface area contributed by atoms with Crippen LogP contribution in [0.15, 0.2) is 34.1 Å². The highest BCUT2D eigenvalue weighted by Crippen LogP contribution is 2.19. The lowest BCUT2D eigenvalue weighted by atomic mass is 10.2. The first-order valence-corrected chi connectivity index (χ1v) is 7.90. The second-order valence-corrected chi connectivity index (χ2v) is 6.25. The van der Waals surface area contributed by atoms with Gasteiger partial charge in [0.25, 0.3) is 17.1 Å². The first-order chi connectivity index (χ1) is 11.8. The number of carbonyl (C=O) groups is 1. The monoisotopic (exact) mass is 362 g/mol. The highest BCUT2D eigenvalue weighted by molar-refractivity contribution is 6.31. The molecule has 25 heavy (non-hydrogen) atoms. The Labute approximate surface area is 147 Å². The molecule has 1 amide bonds. The molecule has 2 N–H and O–H groups in total. The Hall–Kier alpha value is -2.87. The molecule has 130 valence electrons. The predicted molar refractivity (Wildman–Crippen MR) is 93.8 cm³/mol. The van der Waals surface area contributed by atoms with Gasteiger partial charge in [0.2, 0.25) is 6.33 Å². The van der Waals surface area contributed by atoms with Crippen LogP contribution >= 0.6 is 11.6 Å². The van der Waals surface area contributed by atoms with E-state index in [-0.39, 0.29) is 18.0 Å². The van der Waals surface area contributed by atoms with Crippen molar-refractivity contribution in [3.8, 4) is 0 Å². The average Bonchev–Trinajstić information content (AvgIpc) is 2.98. The number of nitrogens with one attached hydrogen (secondary N) is 2. The number of anilines is 1. The first-order valence-electron chi connectivity index (χ1n) is 7.52. The number of amides is 1. The number of imidazole rings is 1. The van der Waals surface area contributed by atoms with Crippen molar-refractivity contribution in [2.24, 2.45) is 14.1 Å². The Kier molecular flexibility index (Phi) is 4.22. The lowest BCUT2D eigenvalue weighted by molar-refractivity contribution is -0.658. The van der Waals surface area contributed by atoms with Gasteiger partial charge in [0, 0.05) is 24.8 Å². The van der Waals surface area contributed by atoms with Crippen molar-refractivity contribution >= 4 is 34.4 Å². The molecule has 9 heteroatoms. The third-order valence-corrected chi connectivity index (χ3v) is 4.31.